The van der Waals surface area contributed by atoms with Crippen LogP contribution in [0.5, 0.6) is 0 Å². The van der Waals surface area contributed by atoms with Gasteiger partial charge in [-0.3, -0.25) is 0 Å². The van der Waals surface area contributed by atoms with Crippen LogP contribution < -0.4 is 4.90 Å². The number of benzene rings is 3. The predicted octanol–water partition coefficient (Wildman–Crippen LogP) is 8.09. The second-order valence-corrected chi connectivity index (χ2v) is 8.30. The summed E-state index contributed by atoms with van der Waals surface area (Å²) < 4.78 is 37.8. The molecule has 0 atom stereocenters. The molecule has 0 aliphatic carbocycles. The summed E-state index contributed by atoms with van der Waals surface area (Å²) in [5.41, 5.74) is 2.82. The van der Waals surface area contributed by atoms with Crippen LogP contribution >= 0.6 is 11.8 Å². The van der Waals surface area contributed by atoms with E-state index in [2.05, 4.69) is 37.5 Å². The van der Waals surface area contributed by atoms with E-state index in [4.69, 9.17) is 0 Å². The molecule has 0 amide bonds. The first-order valence-corrected chi connectivity index (χ1v) is 11.2. The third-order valence-electron chi connectivity index (χ3n) is 4.83. The molecule has 1 aliphatic heterocycles. The number of halogens is 3. The van der Waals surface area contributed by atoms with E-state index in [1.165, 1.54) is 17.8 Å². The van der Waals surface area contributed by atoms with Gasteiger partial charge in [0, 0.05) is 30.3 Å². The lowest BCUT2D eigenvalue weighted by Gasteiger charge is -2.28. The van der Waals surface area contributed by atoms with Gasteiger partial charge in [-0.1, -0.05) is 0 Å². The number of hydrogen-bond acceptors (Lipinski definition) is 6. The van der Waals surface area contributed by atoms with E-state index in [-0.39, 0.29) is 0 Å². The Hall–Kier alpha value is -3.20. The summed E-state index contributed by atoms with van der Waals surface area (Å²) in [6.45, 7) is 2.13. The molecule has 0 bridgehead atoms. The topological polar surface area (TPSA) is 52.7 Å². The van der Waals surface area contributed by atoms with Gasteiger partial charge in [0.1, 0.15) is 0 Å². The lowest BCUT2D eigenvalue weighted by molar-refractivity contribution is -0.137. The Bertz CT molecular complexity index is 1070. The van der Waals surface area contributed by atoms with Crippen LogP contribution in [0.1, 0.15) is 5.56 Å². The minimum atomic E-state index is -4.37. The summed E-state index contributed by atoms with van der Waals surface area (Å²) in [4.78, 5) is 2.37. The first-order chi connectivity index (χ1) is 15.5. The van der Waals surface area contributed by atoms with Gasteiger partial charge >= 0.3 is 6.18 Å². The van der Waals surface area contributed by atoms with Crippen molar-refractivity contribution in [2.75, 3.05) is 29.5 Å². The van der Waals surface area contributed by atoms with E-state index < -0.39 is 11.7 Å². The van der Waals surface area contributed by atoms with Crippen molar-refractivity contribution in [2.45, 2.75) is 6.18 Å². The summed E-state index contributed by atoms with van der Waals surface area (Å²) in [6, 6.07) is 19.5. The molecule has 0 N–H and O–H groups in total. The Kier molecular flexibility index (Phi) is 6.84. The van der Waals surface area contributed by atoms with E-state index in [9.17, 15) is 13.2 Å². The van der Waals surface area contributed by atoms with Crippen molar-refractivity contribution in [1.82, 2.24) is 0 Å². The first kappa shape index (κ1) is 22.0. The van der Waals surface area contributed by atoms with E-state index >= 15 is 0 Å². The highest BCUT2D eigenvalue weighted by molar-refractivity contribution is 7.99. The van der Waals surface area contributed by atoms with Crippen LogP contribution in [0.25, 0.3) is 0 Å². The van der Waals surface area contributed by atoms with Gasteiger partial charge in [0.25, 0.3) is 0 Å². The van der Waals surface area contributed by atoms with Gasteiger partial charge in [-0.25, -0.2) is 0 Å². The molecule has 0 unspecified atom stereocenters. The molecule has 164 valence electrons. The third-order valence-corrected chi connectivity index (χ3v) is 5.77. The summed E-state index contributed by atoms with van der Waals surface area (Å²) in [6.07, 6.45) is -4.37. The zero-order chi connectivity index (χ0) is 22.4. The fourth-order valence-corrected chi connectivity index (χ4v) is 3.99. The van der Waals surface area contributed by atoms with Gasteiger partial charge in [0.2, 0.25) is 0 Å². The molecule has 32 heavy (non-hydrogen) atoms. The number of alkyl halides is 3. The minimum absolute atomic E-state index is 0.341. The fraction of sp³-hybridized carbons (Fsp3) is 0.217. The standard InChI is InChI=1S/C23H20F3N5S/c24-23(25,26)17-1-3-18(4-2-17)27-28-19-5-7-20(8-6-19)29-30-21-9-11-22(12-10-21)31-13-15-32-16-14-31/h1-12H,13-16H2. The zero-order valence-electron chi connectivity index (χ0n) is 17.0. The van der Waals surface area contributed by atoms with Gasteiger partial charge < -0.3 is 4.90 Å². The third kappa shape index (κ3) is 5.94. The second-order valence-electron chi connectivity index (χ2n) is 7.08. The lowest BCUT2D eigenvalue weighted by atomic mass is 10.2. The normalized spacial score (nSPS) is 15.0. The summed E-state index contributed by atoms with van der Waals surface area (Å²) >= 11 is 1.98. The molecule has 9 heteroatoms. The molecule has 1 saturated heterocycles. The number of thioether (sulfide) groups is 1. The highest BCUT2D eigenvalue weighted by atomic mass is 32.2. The number of azo groups is 2. The van der Waals surface area contributed by atoms with Crippen molar-refractivity contribution in [3.05, 3.63) is 78.4 Å². The Morgan fingerprint density at radius 2 is 0.969 bits per heavy atom. The van der Waals surface area contributed by atoms with Crippen molar-refractivity contribution < 1.29 is 13.2 Å². The Balaban J connectivity index is 1.35. The van der Waals surface area contributed by atoms with Crippen LogP contribution in [-0.2, 0) is 6.18 Å². The molecule has 0 saturated carbocycles. The average molecular weight is 456 g/mol. The van der Waals surface area contributed by atoms with E-state index in [0.717, 1.165) is 42.4 Å². The van der Waals surface area contributed by atoms with Gasteiger partial charge in [-0.2, -0.15) is 45.4 Å². The molecule has 5 nitrogen and oxygen atoms in total. The van der Waals surface area contributed by atoms with Crippen molar-refractivity contribution >= 4 is 40.2 Å². The lowest BCUT2D eigenvalue weighted by Crippen LogP contribution is -2.32. The molecule has 1 aliphatic rings. The fourth-order valence-electron chi connectivity index (χ4n) is 3.09. The highest BCUT2D eigenvalue weighted by Crippen LogP contribution is 2.31. The van der Waals surface area contributed by atoms with Crippen LogP contribution in [0.4, 0.5) is 41.6 Å². The monoisotopic (exact) mass is 455 g/mol. The number of hydrogen-bond donors (Lipinski definition) is 0. The molecular formula is C23H20F3N5S. The maximum atomic E-state index is 12.6. The van der Waals surface area contributed by atoms with Crippen molar-refractivity contribution in [3.8, 4) is 0 Å². The second kappa shape index (κ2) is 9.95. The quantitative estimate of drug-likeness (QED) is 0.365. The van der Waals surface area contributed by atoms with Gasteiger partial charge in [0.05, 0.1) is 28.3 Å². The zero-order valence-corrected chi connectivity index (χ0v) is 17.9. The molecular weight excluding hydrogens is 435 g/mol. The molecule has 0 spiro atoms. The Morgan fingerprint density at radius 1 is 0.594 bits per heavy atom. The summed E-state index contributed by atoms with van der Waals surface area (Å²) in [7, 11) is 0. The van der Waals surface area contributed by atoms with Gasteiger partial charge in [-0.05, 0) is 72.8 Å². The molecule has 4 rings (SSSR count). The Morgan fingerprint density at radius 3 is 1.38 bits per heavy atom. The number of anilines is 1. The summed E-state index contributed by atoms with van der Waals surface area (Å²) in [5.74, 6) is 2.31. The van der Waals surface area contributed by atoms with Crippen LogP contribution in [0.3, 0.4) is 0 Å². The van der Waals surface area contributed by atoms with E-state index in [0.29, 0.717) is 17.1 Å². The SMILES string of the molecule is FC(F)(F)c1ccc(N=Nc2ccc(N=Nc3ccc(N4CCSCC4)cc3)cc2)cc1. The van der Waals surface area contributed by atoms with Crippen LogP contribution in [0, 0.1) is 0 Å². The van der Waals surface area contributed by atoms with E-state index in [1.807, 2.05) is 23.9 Å². The number of rotatable bonds is 5. The van der Waals surface area contributed by atoms with Crippen LogP contribution in [0.2, 0.25) is 0 Å². The molecule has 1 fully saturated rings. The van der Waals surface area contributed by atoms with Gasteiger partial charge in [0.15, 0.2) is 0 Å². The minimum Gasteiger partial charge on any atom is -0.370 e. The first-order valence-electron chi connectivity index (χ1n) is 10.0. The molecule has 3 aromatic rings. The predicted molar refractivity (Wildman–Crippen MR) is 122 cm³/mol. The van der Waals surface area contributed by atoms with Crippen LogP contribution in [0.15, 0.2) is 93.3 Å². The maximum Gasteiger partial charge on any atom is 0.416 e. The van der Waals surface area contributed by atoms with Crippen LogP contribution in [-0.4, -0.2) is 24.6 Å². The highest BCUT2D eigenvalue weighted by Gasteiger charge is 2.29. The van der Waals surface area contributed by atoms with Crippen molar-refractivity contribution in [3.63, 3.8) is 0 Å². The van der Waals surface area contributed by atoms with Gasteiger partial charge in [-0.15, -0.1) is 0 Å². The molecule has 3 aromatic carbocycles. The maximum absolute atomic E-state index is 12.6. The number of nitrogens with zero attached hydrogens (tertiary/aromatic N) is 5. The average Bonchev–Trinajstić information content (AvgIpc) is 2.83. The molecule has 0 aromatic heterocycles. The summed E-state index contributed by atoms with van der Waals surface area (Å²) in [5, 5.41) is 16.5. The van der Waals surface area contributed by atoms with E-state index in [1.54, 1.807) is 24.3 Å². The molecule has 0 radical (unpaired) electrons. The Labute approximate surface area is 188 Å². The smallest absolute Gasteiger partial charge is 0.370 e. The molecule has 1 heterocycles. The largest absolute Gasteiger partial charge is 0.416 e. The van der Waals surface area contributed by atoms with Crippen molar-refractivity contribution in [1.29, 1.82) is 0 Å². The van der Waals surface area contributed by atoms with Crippen molar-refractivity contribution in [2.24, 2.45) is 20.5 Å².